The molecule has 0 aliphatic carbocycles. The van der Waals surface area contributed by atoms with Gasteiger partial charge in [0.05, 0.1) is 16.1 Å². The van der Waals surface area contributed by atoms with E-state index in [-0.39, 0.29) is 10.6 Å². The van der Waals surface area contributed by atoms with Gasteiger partial charge in [0, 0.05) is 6.07 Å². The minimum absolute atomic E-state index is 0.152. The summed E-state index contributed by atoms with van der Waals surface area (Å²) in [6, 6.07) is 8.70. The van der Waals surface area contributed by atoms with Gasteiger partial charge in [0.1, 0.15) is 11.6 Å². The maximum absolute atomic E-state index is 13.4. The third-order valence-electron chi connectivity index (χ3n) is 2.58. The molecule has 0 saturated carbocycles. The van der Waals surface area contributed by atoms with E-state index in [1.165, 1.54) is 12.1 Å². The van der Waals surface area contributed by atoms with Crippen molar-refractivity contribution < 1.29 is 18.4 Å². The van der Waals surface area contributed by atoms with E-state index >= 15 is 0 Å². The van der Waals surface area contributed by atoms with Crippen LogP contribution in [0.1, 0.15) is 20.7 Å². The van der Waals surface area contributed by atoms with Gasteiger partial charge in [-0.1, -0.05) is 23.7 Å². The van der Waals surface area contributed by atoms with Gasteiger partial charge in [0.15, 0.2) is 0 Å². The molecule has 0 atom stereocenters. The van der Waals surface area contributed by atoms with Crippen molar-refractivity contribution >= 4 is 23.4 Å². The second-order valence-electron chi connectivity index (χ2n) is 4.01. The Morgan fingerprint density at radius 3 is 2.14 bits per heavy atom. The van der Waals surface area contributed by atoms with Crippen molar-refractivity contribution in [2.24, 2.45) is 0 Å². The van der Waals surface area contributed by atoms with Crippen molar-refractivity contribution in [2.45, 2.75) is 0 Å². The van der Waals surface area contributed by atoms with Crippen LogP contribution in [0.3, 0.4) is 0 Å². The Labute approximate surface area is 123 Å². The zero-order chi connectivity index (χ0) is 15.4. The van der Waals surface area contributed by atoms with Crippen LogP contribution in [-0.4, -0.2) is 11.8 Å². The van der Waals surface area contributed by atoms with Crippen molar-refractivity contribution in [2.75, 3.05) is 0 Å². The van der Waals surface area contributed by atoms with Crippen LogP contribution in [0.2, 0.25) is 5.02 Å². The molecule has 2 aromatic rings. The van der Waals surface area contributed by atoms with E-state index in [2.05, 4.69) is 5.43 Å². The number of hydrogen-bond donors (Lipinski definition) is 2. The maximum atomic E-state index is 13.4. The van der Waals surface area contributed by atoms with Crippen molar-refractivity contribution in [3.63, 3.8) is 0 Å². The number of carbonyl (C=O) groups is 2. The number of rotatable bonds is 2. The molecular weight excluding hydrogens is 302 g/mol. The van der Waals surface area contributed by atoms with Crippen LogP contribution in [0.25, 0.3) is 0 Å². The fourth-order valence-electron chi connectivity index (χ4n) is 1.57. The first-order valence-corrected chi connectivity index (χ1v) is 6.17. The van der Waals surface area contributed by atoms with Gasteiger partial charge in [-0.25, -0.2) is 8.78 Å². The van der Waals surface area contributed by atoms with E-state index in [1.807, 2.05) is 5.43 Å². The lowest BCUT2D eigenvalue weighted by atomic mass is 10.2. The molecule has 0 aliphatic rings. The molecule has 0 aliphatic heterocycles. The second-order valence-corrected chi connectivity index (χ2v) is 4.42. The normalized spacial score (nSPS) is 10.0. The second kappa shape index (κ2) is 6.32. The molecule has 4 nitrogen and oxygen atoms in total. The lowest BCUT2D eigenvalue weighted by molar-refractivity contribution is 0.0844. The first kappa shape index (κ1) is 14.9. The zero-order valence-corrected chi connectivity index (χ0v) is 11.2. The average molecular weight is 311 g/mol. The van der Waals surface area contributed by atoms with E-state index in [0.717, 1.165) is 12.1 Å². The van der Waals surface area contributed by atoms with E-state index in [1.54, 1.807) is 12.1 Å². The highest BCUT2D eigenvalue weighted by molar-refractivity contribution is 6.33. The van der Waals surface area contributed by atoms with Crippen LogP contribution >= 0.6 is 11.6 Å². The first-order chi connectivity index (χ1) is 9.99. The molecule has 2 rings (SSSR count). The quantitative estimate of drug-likeness (QED) is 0.838. The topological polar surface area (TPSA) is 58.2 Å². The molecule has 0 heterocycles. The summed E-state index contributed by atoms with van der Waals surface area (Å²) >= 11 is 5.82. The van der Waals surface area contributed by atoms with Gasteiger partial charge in [-0.15, -0.1) is 0 Å². The summed E-state index contributed by atoms with van der Waals surface area (Å²) in [5.74, 6) is -3.40. The van der Waals surface area contributed by atoms with E-state index in [9.17, 15) is 18.4 Å². The summed E-state index contributed by atoms with van der Waals surface area (Å²) in [5, 5.41) is 0.206. The van der Waals surface area contributed by atoms with Gasteiger partial charge in [-0.3, -0.25) is 20.4 Å². The van der Waals surface area contributed by atoms with Crippen molar-refractivity contribution in [1.82, 2.24) is 10.9 Å². The molecule has 108 valence electrons. The number of benzene rings is 2. The number of hydrazine groups is 1. The summed E-state index contributed by atoms with van der Waals surface area (Å²) in [4.78, 5) is 23.5. The van der Waals surface area contributed by atoms with E-state index in [0.29, 0.717) is 6.07 Å². The van der Waals surface area contributed by atoms with Crippen LogP contribution < -0.4 is 10.9 Å². The van der Waals surface area contributed by atoms with Crippen molar-refractivity contribution in [1.29, 1.82) is 0 Å². The predicted molar refractivity (Wildman–Crippen MR) is 72.7 cm³/mol. The van der Waals surface area contributed by atoms with Gasteiger partial charge < -0.3 is 0 Å². The molecule has 0 aromatic heterocycles. The highest BCUT2D eigenvalue weighted by Crippen LogP contribution is 2.14. The molecule has 21 heavy (non-hydrogen) atoms. The number of halogens is 3. The Balaban J connectivity index is 2.04. The molecule has 2 N–H and O–H groups in total. The van der Waals surface area contributed by atoms with Crippen molar-refractivity contribution in [3.05, 3.63) is 70.2 Å². The SMILES string of the molecule is O=C(NNC(=O)c1ccccc1Cl)c1ccc(F)cc1F. The smallest absolute Gasteiger partial charge is 0.267 e. The van der Waals surface area contributed by atoms with Gasteiger partial charge in [0.25, 0.3) is 11.8 Å². The molecule has 2 amide bonds. The van der Waals surface area contributed by atoms with Crippen LogP contribution in [-0.2, 0) is 0 Å². The van der Waals surface area contributed by atoms with Gasteiger partial charge in [0.2, 0.25) is 0 Å². The fraction of sp³-hybridized carbons (Fsp3) is 0. The number of hydrogen-bond acceptors (Lipinski definition) is 2. The Hall–Kier alpha value is -2.47. The van der Waals surface area contributed by atoms with E-state index in [4.69, 9.17) is 11.6 Å². The van der Waals surface area contributed by atoms with Crippen LogP contribution in [0.4, 0.5) is 8.78 Å². The molecule has 0 fully saturated rings. The fourth-order valence-corrected chi connectivity index (χ4v) is 1.79. The molecule has 7 heteroatoms. The molecule has 0 bridgehead atoms. The minimum atomic E-state index is -1.03. The van der Waals surface area contributed by atoms with Gasteiger partial charge in [-0.05, 0) is 24.3 Å². The predicted octanol–water partition coefficient (Wildman–Crippen LogP) is 2.69. The molecule has 0 saturated heterocycles. The number of nitrogens with one attached hydrogen (secondary N) is 2. The highest BCUT2D eigenvalue weighted by Gasteiger charge is 2.14. The van der Waals surface area contributed by atoms with Crippen LogP contribution in [0.5, 0.6) is 0 Å². The lowest BCUT2D eigenvalue weighted by Crippen LogP contribution is -2.42. The van der Waals surface area contributed by atoms with Crippen LogP contribution in [0.15, 0.2) is 42.5 Å². The monoisotopic (exact) mass is 310 g/mol. The van der Waals surface area contributed by atoms with Gasteiger partial charge >= 0.3 is 0 Å². The Bertz CT molecular complexity index is 707. The first-order valence-electron chi connectivity index (χ1n) is 5.79. The maximum Gasteiger partial charge on any atom is 0.272 e. The molecule has 0 spiro atoms. The standard InChI is InChI=1S/C14H9ClF2N2O2/c15-11-4-2-1-3-9(11)13(20)18-19-14(21)10-6-5-8(16)7-12(10)17/h1-7H,(H,18,20)(H,19,21). The van der Waals surface area contributed by atoms with E-state index < -0.39 is 29.0 Å². The Kier molecular flexibility index (Phi) is 4.49. The number of carbonyl (C=O) groups excluding carboxylic acids is 2. The lowest BCUT2D eigenvalue weighted by Gasteiger charge is -2.09. The molecule has 2 aromatic carbocycles. The minimum Gasteiger partial charge on any atom is -0.267 e. The summed E-state index contributed by atoms with van der Waals surface area (Å²) in [7, 11) is 0. The summed E-state index contributed by atoms with van der Waals surface area (Å²) in [6.45, 7) is 0. The molecular formula is C14H9ClF2N2O2. The summed E-state index contributed by atoms with van der Waals surface area (Å²) < 4.78 is 26.1. The third-order valence-corrected chi connectivity index (χ3v) is 2.91. The van der Waals surface area contributed by atoms with Gasteiger partial charge in [-0.2, -0.15) is 0 Å². The summed E-state index contributed by atoms with van der Waals surface area (Å²) in [5.41, 5.74) is 3.88. The largest absolute Gasteiger partial charge is 0.272 e. The third kappa shape index (κ3) is 3.55. The molecule has 0 unspecified atom stereocenters. The van der Waals surface area contributed by atoms with Crippen molar-refractivity contribution in [3.8, 4) is 0 Å². The Morgan fingerprint density at radius 2 is 1.52 bits per heavy atom. The molecule has 0 radical (unpaired) electrons. The summed E-state index contributed by atoms with van der Waals surface area (Å²) in [6.07, 6.45) is 0. The Morgan fingerprint density at radius 1 is 0.905 bits per heavy atom. The number of amides is 2. The highest BCUT2D eigenvalue weighted by atomic mass is 35.5. The van der Waals surface area contributed by atoms with Crippen LogP contribution in [0, 0.1) is 11.6 Å². The zero-order valence-electron chi connectivity index (χ0n) is 10.5. The average Bonchev–Trinajstić information content (AvgIpc) is 2.45.